The van der Waals surface area contributed by atoms with Crippen molar-refractivity contribution >= 4 is 17.2 Å². The highest BCUT2D eigenvalue weighted by molar-refractivity contribution is 7.80. The molecular formula is C21H31N5S. The van der Waals surface area contributed by atoms with E-state index in [-0.39, 0.29) is 0 Å². The smallest absolute Gasteiger partial charge is 0.156 e. The van der Waals surface area contributed by atoms with E-state index in [1.165, 1.54) is 37.7 Å². The minimum atomic E-state index is 0.652. The maximum Gasteiger partial charge on any atom is 0.156 e. The highest BCUT2D eigenvalue weighted by atomic mass is 32.1. The van der Waals surface area contributed by atoms with E-state index in [0.29, 0.717) is 6.04 Å². The number of hydrogen-bond acceptors (Lipinski definition) is 4. The lowest BCUT2D eigenvalue weighted by atomic mass is 9.94. The van der Waals surface area contributed by atoms with Gasteiger partial charge in [-0.3, -0.25) is 0 Å². The van der Waals surface area contributed by atoms with Crippen LogP contribution in [0.3, 0.4) is 0 Å². The largest absolute Gasteiger partial charge is 0.363 e. The number of thiocarbonyl (C=S) groups is 1. The van der Waals surface area contributed by atoms with Crippen LogP contribution in [0.4, 0.5) is 0 Å². The molecule has 27 heavy (non-hydrogen) atoms. The van der Waals surface area contributed by atoms with Crippen molar-refractivity contribution in [3.05, 3.63) is 35.7 Å². The topological polar surface area (TPSA) is 46.8 Å². The molecule has 0 spiro atoms. The molecule has 1 aliphatic rings. The fourth-order valence-corrected chi connectivity index (χ4v) is 4.43. The van der Waals surface area contributed by atoms with Gasteiger partial charge in [-0.15, -0.1) is 5.10 Å². The van der Waals surface area contributed by atoms with Crippen molar-refractivity contribution in [2.24, 2.45) is 0 Å². The molecule has 146 valence electrons. The molecule has 3 rings (SSSR count). The molecule has 0 unspecified atom stereocenters. The highest BCUT2D eigenvalue weighted by Crippen LogP contribution is 2.24. The molecule has 0 aliphatic heterocycles. The SMILES string of the molecule is CCc1ccc(-n2nnnc2CCCC(=S)N(CC)C2CCCCC2)cc1. The predicted octanol–water partition coefficient (Wildman–Crippen LogP) is 4.53. The number of aromatic nitrogens is 4. The average molecular weight is 386 g/mol. The number of benzene rings is 1. The van der Waals surface area contributed by atoms with E-state index in [2.05, 4.69) is 58.5 Å². The summed E-state index contributed by atoms with van der Waals surface area (Å²) in [6, 6.07) is 9.10. The van der Waals surface area contributed by atoms with Crippen molar-refractivity contribution < 1.29 is 0 Å². The standard InChI is InChI=1S/C21H31N5S/c1-3-17-13-15-19(16-14-17)26-20(22-23-24-26)11-8-12-21(27)25(4-2)18-9-6-5-7-10-18/h13-16,18H,3-12H2,1-2H3. The van der Waals surface area contributed by atoms with Gasteiger partial charge in [-0.2, -0.15) is 4.68 Å². The number of rotatable bonds is 8. The van der Waals surface area contributed by atoms with Gasteiger partial charge in [0, 0.05) is 19.0 Å². The molecule has 0 bridgehead atoms. The first kappa shape index (κ1) is 19.9. The minimum absolute atomic E-state index is 0.652. The number of hydrogen-bond donors (Lipinski definition) is 0. The van der Waals surface area contributed by atoms with Crippen molar-refractivity contribution in [1.82, 2.24) is 25.1 Å². The first-order chi connectivity index (χ1) is 13.2. The Morgan fingerprint density at radius 3 is 2.56 bits per heavy atom. The maximum atomic E-state index is 5.77. The normalized spacial score (nSPS) is 15.0. The van der Waals surface area contributed by atoms with Crippen LogP contribution in [0.25, 0.3) is 5.69 Å². The Labute approximate surface area is 168 Å². The van der Waals surface area contributed by atoms with Gasteiger partial charge in [-0.25, -0.2) is 0 Å². The molecule has 2 aromatic rings. The number of aryl methyl sites for hydroxylation is 2. The van der Waals surface area contributed by atoms with Crippen molar-refractivity contribution in [3.63, 3.8) is 0 Å². The van der Waals surface area contributed by atoms with Gasteiger partial charge >= 0.3 is 0 Å². The molecule has 6 heteroatoms. The molecular weight excluding hydrogens is 354 g/mol. The minimum Gasteiger partial charge on any atom is -0.363 e. The van der Waals surface area contributed by atoms with Crippen LogP contribution in [-0.2, 0) is 12.8 Å². The summed E-state index contributed by atoms with van der Waals surface area (Å²) in [6.07, 6.45) is 10.4. The third-order valence-electron chi connectivity index (χ3n) is 5.59. The first-order valence-corrected chi connectivity index (χ1v) is 10.8. The Morgan fingerprint density at radius 1 is 1.15 bits per heavy atom. The fraction of sp³-hybridized carbons (Fsp3) is 0.619. The summed E-state index contributed by atoms with van der Waals surface area (Å²) in [6.45, 7) is 5.40. The van der Waals surface area contributed by atoms with E-state index in [0.717, 1.165) is 48.7 Å². The number of nitrogens with zero attached hydrogens (tertiary/aromatic N) is 5. The van der Waals surface area contributed by atoms with E-state index in [4.69, 9.17) is 12.2 Å². The summed E-state index contributed by atoms with van der Waals surface area (Å²) >= 11 is 5.77. The summed E-state index contributed by atoms with van der Waals surface area (Å²) in [5.74, 6) is 0.905. The van der Waals surface area contributed by atoms with Gasteiger partial charge in [0.15, 0.2) is 5.82 Å². The molecule has 0 amide bonds. The van der Waals surface area contributed by atoms with Crippen LogP contribution in [0, 0.1) is 0 Å². The van der Waals surface area contributed by atoms with Crippen LogP contribution in [0.2, 0.25) is 0 Å². The summed E-state index contributed by atoms with van der Waals surface area (Å²) < 4.78 is 1.85. The van der Waals surface area contributed by atoms with Crippen molar-refractivity contribution in [2.45, 2.75) is 77.7 Å². The van der Waals surface area contributed by atoms with E-state index >= 15 is 0 Å². The predicted molar refractivity (Wildman–Crippen MR) is 113 cm³/mol. The quantitative estimate of drug-likeness (QED) is 0.625. The number of tetrazole rings is 1. The van der Waals surface area contributed by atoms with Gasteiger partial charge in [-0.1, -0.05) is 50.5 Å². The average Bonchev–Trinajstić information content (AvgIpc) is 3.18. The van der Waals surface area contributed by atoms with Crippen LogP contribution in [0.5, 0.6) is 0 Å². The lowest BCUT2D eigenvalue weighted by Gasteiger charge is -2.35. The molecule has 1 fully saturated rings. The van der Waals surface area contributed by atoms with Crippen LogP contribution >= 0.6 is 12.2 Å². The van der Waals surface area contributed by atoms with Crippen LogP contribution in [0.15, 0.2) is 24.3 Å². The third kappa shape index (κ3) is 5.12. The summed E-state index contributed by atoms with van der Waals surface area (Å²) in [4.78, 5) is 3.57. The zero-order valence-corrected chi connectivity index (χ0v) is 17.4. The Bertz CT molecular complexity index is 718. The first-order valence-electron chi connectivity index (χ1n) is 10.4. The summed E-state index contributed by atoms with van der Waals surface area (Å²) in [5, 5.41) is 12.3. The van der Waals surface area contributed by atoms with Gasteiger partial charge in [0.25, 0.3) is 0 Å². The maximum absolute atomic E-state index is 5.77. The van der Waals surface area contributed by atoms with Gasteiger partial charge in [0.05, 0.1) is 10.7 Å². The summed E-state index contributed by atoms with van der Waals surface area (Å²) in [7, 11) is 0. The van der Waals surface area contributed by atoms with Crippen LogP contribution < -0.4 is 0 Å². The molecule has 1 saturated carbocycles. The zero-order valence-electron chi connectivity index (χ0n) is 16.6. The third-order valence-corrected chi connectivity index (χ3v) is 6.03. The Morgan fingerprint density at radius 2 is 1.89 bits per heavy atom. The fourth-order valence-electron chi connectivity index (χ4n) is 4.01. The van der Waals surface area contributed by atoms with Crippen molar-refractivity contribution in [1.29, 1.82) is 0 Å². The van der Waals surface area contributed by atoms with Crippen LogP contribution in [-0.4, -0.2) is 42.7 Å². The molecule has 1 aromatic heterocycles. The van der Waals surface area contributed by atoms with E-state index in [9.17, 15) is 0 Å². The Kier molecular flexibility index (Phi) is 7.33. The molecule has 5 nitrogen and oxygen atoms in total. The van der Waals surface area contributed by atoms with Gasteiger partial charge in [0.1, 0.15) is 0 Å². The second kappa shape index (κ2) is 9.93. The molecule has 1 aromatic carbocycles. The second-order valence-electron chi connectivity index (χ2n) is 7.35. The Balaban J connectivity index is 1.55. The van der Waals surface area contributed by atoms with E-state index in [1.54, 1.807) is 0 Å². The van der Waals surface area contributed by atoms with Gasteiger partial charge in [-0.05, 0) is 67.2 Å². The Hall–Kier alpha value is -1.82. The van der Waals surface area contributed by atoms with Crippen LogP contribution in [0.1, 0.15) is 70.2 Å². The molecule has 0 radical (unpaired) electrons. The van der Waals surface area contributed by atoms with E-state index in [1.807, 2.05) is 4.68 Å². The lowest BCUT2D eigenvalue weighted by molar-refractivity contribution is 0.252. The highest BCUT2D eigenvalue weighted by Gasteiger charge is 2.21. The molecule has 0 N–H and O–H groups in total. The lowest BCUT2D eigenvalue weighted by Crippen LogP contribution is -2.40. The van der Waals surface area contributed by atoms with Gasteiger partial charge < -0.3 is 4.90 Å². The molecule has 0 atom stereocenters. The van der Waals surface area contributed by atoms with Crippen molar-refractivity contribution in [3.8, 4) is 5.69 Å². The van der Waals surface area contributed by atoms with E-state index < -0.39 is 0 Å². The van der Waals surface area contributed by atoms with Gasteiger partial charge in [0.2, 0.25) is 0 Å². The zero-order chi connectivity index (χ0) is 19.1. The summed E-state index contributed by atoms with van der Waals surface area (Å²) in [5.41, 5.74) is 2.34. The van der Waals surface area contributed by atoms with Crippen molar-refractivity contribution in [2.75, 3.05) is 6.54 Å². The molecule has 0 saturated heterocycles. The second-order valence-corrected chi connectivity index (χ2v) is 7.82. The monoisotopic (exact) mass is 385 g/mol. The molecule has 1 heterocycles. The molecule has 1 aliphatic carbocycles.